The summed E-state index contributed by atoms with van der Waals surface area (Å²) in [5.74, 6) is -0.143. The Labute approximate surface area is 239 Å². The zero-order valence-electron chi connectivity index (χ0n) is 22.3. The molecule has 3 aromatic carbocycles. The molecule has 3 aromatic rings. The van der Waals surface area contributed by atoms with Gasteiger partial charge in [-0.2, -0.15) is 0 Å². The highest BCUT2D eigenvalue weighted by molar-refractivity contribution is 9.10. The molecule has 0 heterocycles. The van der Waals surface area contributed by atoms with Gasteiger partial charge in [-0.25, -0.2) is 8.42 Å². The average Bonchev–Trinajstić information content (AvgIpc) is 2.95. The second-order valence-electron chi connectivity index (χ2n) is 8.99. The van der Waals surface area contributed by atoms with Crippen molar-refractivity contribution in [2.24, 2.45) is 0 Å². The molecule has 0 bridgehead atoms. The Morgan fingerprint density at radius 2 is 1.62 bits per heavy atom. The summed E-state index contributed by atoms with van der Waals surface area (Å²) in [6.07, 6.45) is 1.74. The number of sulfonamides is 1. The quantitative estimate of drug-likeness (QED) is 0.273. The lowest BCUT2D eigenvalue weighted by Gasteiger charge is -2.32. The van der Waals surface area contributed by atoms with Crippen molar-refractivity contribution in [3.8, 4) is 5.75 Å². The predicted octanol–water partition coefficient (Wildman–Crippen LogP) is 4.99. The Morgan fingerprint density at radius 1 is 0.974 bits per heavy atom. The average molecular weight is 617 g/mol. The molecule has 0 aromatic heterocycles. The molecule has 1 unspecified atom stereocenters. The number of anilines is 1. The van der Waals surface area contributed by atoms with Gasteiger partial charge in [0.05, 0.1) is 17.7 Å². The minimum Gasteiger partial charge on any atom is -0.497 e. The van der Waals surface area contributed by atoms with Crippen LogP contribution in [-0.4, -0.2) is 51.4 Å². The number of carbonyl (C=O) groups excluding carboxylic acids is 2. The smallest absolute Gasteiger partial charge is 0.264 e. The maximum absolute atomic E-state index is 13.9. The van der Waals surface area contributed by atoms with Gasteiger partial charge in [0.2, 0.25) is 11.8 Å². The number of amides is 2. The van der Waals surface area contributed by atoms with Gasteiger partial charge in [-0.1, -0.05) is 59.6 Å². The molecule has 10 heteroatoms. The minimum absolute atomic E-state index is 0.0628. The number of hydrogen-bond donors (Lipinski definition) is 1. The van der Waals surface area contributed by atoms with Crippen molar-refractivity contribution < 1.29 is 22.7 Å². The van der Waals surface area contributed by atoms with E-state index in [2.05, 4.69) is 21.2 Å². The largest absolute Gasteiger partial charge is 0.497 e. The molecule has 208 valence electrons. The third kappa shape index (κ3) is 8.06. The normalized spacial score (nSPS) is 11.9. The molecule has 0 saturated heterocycles. The standard InChI is InChI=1S/C29H34BrN3O5S/c1-4-5-19-31-29(35)22(2)32(20-23-11-17-26(38-3)18-12-23)28(34)21-33(25-15-13-24(30)14-16-25)39(36,37)27-9-7-6-8-10-27/h6-18,22H,4-5,19-21H2,1-3H3,(H,31,35). The Bertz CT molecular complexity index is 1330. The molecule has 2 amide bonds. The van der Waals surface area contributed by atoms with Crippen molar-refractivity contribution in [2.75, 3.05) is 24.5 Å². The van der Waals surface area contributed by atoms with Crippen molar-refractivity contribution in [2.45, 2.75) is 44.2 Å². The van der Waals surface area contributed by atoms with Crippen LogP contribution in [0.1, 0.15) is 32.3 Å². The zero-order chi connectivity index (χ0) is 28.4. The zero-order valence-corrected chi connectivity index (χ0v) is 24.7. The fraction of sp³-hybridized carbons (Fsp3) is 0.310. The van der Waals surface area contributed by atoms with E-state index in [0.717, 1.165) is 27.2 Å². The van der Waals surface area contributed by atoms with Gasteiger partial charge >= 0.3 is 0 Å². The number of nitrogens with one attached hydrogen (secondary N) is 1. The van der Waals surface area contributed by atoms with E-state index in [1.54, 1.807) is 68.6 Å². The van der Waals surface area contributed by atoms with E-state index in [-0.39, 0.29) is 17.3 Å². The summed E-state index contributed by atoms with van der Waals surface area (Å²) >= 11 is 3.38. The van der Waals surface area contributed by atoms with Crippen molar-refractivity contribution in [1.82, 2.24) is 10.2 Å². The number of halogens is 1. The summed E-state index contributed by atoms with van der Waals surface area (Å²) in [5.41, 5.74) is 1.11. The first kappa shape index (κ1) is 30.2. The summed E-state index contributed by atoms with van der Waals surface area (Å²) in [6, 6.07) is 21.0. The summed E-state index contributed by atoms with van der Waals surface area (Å²) < 4.78 is 34.6. The van der Waals surface area contributed by atoms with E-state index >= 15 is 0 Å². The Kier molecular flexibility index (Phi) is 10.9. The fourth-order valence-electron chi connectivity index (χ4n) is 3.90. The van der Waals surface area contributed by atoms with Gasteiger partial charge in [0, 0.05) is 17.6 Å². The number of carbonyl (C=O) groups is 2. The van der Waals surface area contributed by atoms with E-state index in [9.17, 15) is 18.0 Å². The van der Waals surface area contributed by atoms with Gasteiger partial charge in [0.15, 0.2) is 0 Å². The predicted molar refractivity (Wildman–Crippen MR) is 156 cm³/mol. The van der Waals surface area contributed by atoms with E-state index in [1.807, 2.05) is 19.1 Å². The summed E-state index contributed by atoms with van der Waals surface area (Å²) in [6.45, 7) is 3.81. The highest BCUT2D eigenvalue weighted by atomic mass is 79.9. The third-order valence-electron chi connectivity index (χ3n) is 6.23. The monoisotopic (exact) mass is 615 g/mol. The summed E-state index contributed by atoms with van der Waals surface area (Å²) in [5, 5.41) is 2.88. The van der Waals surface area contributed by atoms with Crippen molar-refractivity contribution in [3.05, 3.63) is 88.9 Å². The van der Waals surface area contributed by atoms with Crippen LogP contribution in [0.15, 0.2) is 88.2 Å². The first-order valence-corrected chi connectivity index (χ1v) is 14.9. The molecule has 0 aliphatic rings. The van der Waals surface area contributed by atoms with Gasteiger partial charge in [0.25, 0.3) is 10.0 Å². The SMILES string of the molecule is CCCCNC(=O)C(C)N(Cc1ccc(OC)cc1)C(=O)CN(c1ccc(Br)cc1)S(=O)(=O)c1ccccc1. The van der Waals surface area contributed by atoms with Crippen molar-refractivity contribution in [1.29, 1.82) is 0 Å². The number of ether oxygens (including phenoxy) is 1. The molecule has 0 aliphatic carbocycles. The Hall–Kier alpha value is -3.37. The van der Waals surface area contributed by atoms with Crippen LogP contribution in [-0.2, 0) is 26.2 Å². The highest BCUT2D eigenvalue weighted by Gasteiger charge is 2.32. The molecular weight excluding hydrogens is 582 g/mol. The van der Waals surface area contributed by atoms with Gasteiger partial charge in [-0.3, -0.25) is 13.9 Å². The number of hydrogen-bond acceptors (Lipinski definition) is 5. The molecule has 3 rings (SSSR count). The Balaban J connectivity index is 1.97. The molecule has 39 heavy (non-hydrogen) atoms. The molecule has 0 radical (unpaired) electrons. The number of rotatable bonds is 13. The minimum atomic E-state index is -4.09. The first-order chi connectivity index (χ1) is 18.7. The van der Waals surface area contributed by atoms with Gasteiger partial charge in [0.1, 0.15) is 18.3 Å². The van der Waals surface area contributed by atoms with E-state index < -0.39 is 28.5 Å². The van der Waals surface area contributed by atoms with E-state index in [0.29, 0.717) is 18.0 Å². The lowest BCUT2D eigenvalue weighted by Crippen LogP contribution is -2.51. The molecule has 0 aliphatic heterocycles. The van der Waals surface area contributed by atoms with Crippen LogP contribution in [0.2, 0.25) is 0 Å². The molecule has 1 N–H and O–H groups in total. The molecular formula is C29H34BrN3O5S. The highest BCUT2D eigenvalue weighted by Crippen LogP contribution is 2.26. The number of methoxy groups -OCH3 is 1. The van der Waals surface area contributed by atoms with Crippen LogP contribution in [0, 0.1) is 0 Å². The second kappa shape index (κ2) is 14.1. The van der Waals surface area contributed by atoms with Crippen molar-refractivity contribution in [3.63, 3.8) is 0 Å². The van der Waals surface area contributed by atoms with Crippen LogP contribution in [0.4, 0.5) is 5.69 Å². The first-order valence-electron chi connectivity index (χ1n) is 12.7. The molecule has 8 nitrogen and oxygen atoms in total. The summed E-state index contributed by atoms with van der Waals surface area (Å²) in [7, 11) is -2.52. The van der Waals surface area contributed by atoms with E-state index in [4.69, 9.17) is 4.74 Å². The van der Waals surface area contributed by atoms with Crippen molar-refractivity contribution >= 4 is 43.5 Å². The van der Waals surface area contributed by atoms with Gasteiger partial charge in [-0.15, -0.1) is 0 Å². The molecule has 0 saturated carbocycles. The Morgan fingerprint density at radius 3 is 2.21 bits per heavy atom. The van der Waals surface area contributed by atoms with Crippen LogP contribution in [0.25, 0.3) is 0 Å². The van der Waals surface area contributed by atoms with Crippen LogP contribution >= 0.6 is 15.9 Å². The second-order valence-corrected chi connectivity index (χ2v) is 11.8. The number of benzene rings is 3. The number of unbranched alkanes of at least 4 members (excludes halogenated alkanes) is 1. The van der Waals surface area contributed by atoms with Crippen LogP contribution < -0.4 is 14.4 Å². The van der Waals surface area contributed by atoms with Crippen LogP contribution in [0.5, 0.6) is 5.75 Å². The van der Waals surface area contributed by atoms with E-state index in [1.165, 1.54) is 17.0 Å². The third-order valence-corrected chi connectivity index (χ3v) is 8.55. The molecule has 1 atom stereocenters. The molecule has 0 fully saturated rings. The summed E-state index contributed by atoms with van der Waals surface area (Å²) in [4.78, 5) is 28.4. The lowest BCUT2D eigenvalue weighted by atomic mass is 10.1. The fourth-order valence-corrected chi connectivity index (χ4v) is 5.60. The maximum atomic E-state index is 13.9. The topological polar surface area (TPSA) is 96.0 Å². The number of nitrogens with zero attached hydrogens (tertiary/aromatic N) is 2. The van der Waals surface area contributed by atoms with Gasteiger partial charge < -0.3 is 15.0 Å². The maximum Gasteiger partial charge on any atom is 0.264 e. The van der Waals surface area contributed by atoms with Gasteiger partial charge in [-0.05, 0) is 67.4 Å². The van der Waals surface area contributed by atoms with Crippen LogP contribution in [0.3, 0.4) is 0 Å². The lowest BCUT2D eigenvalue weighted by molar-refractivity contribution is -0.139. The molecule has 0 spiro atoms.